The maximum Gasteiger partial charge on any atom is 0.269 e. The molecule has 0 aromatic carbocycles. The highest BCUT2D eigenvalue weighted by atomic mass is 79.9. The Bertz CT molecular complexity index is 560. The summed E-state index contributed by atoms with van der Waals surface area (Å²) in [6.45, 7) is 1.02. The maximum absolute atomic E-state index is 11.6. The number of carbonyl (C=O) groups is 1. The minimum Gasteiger partial charge on any atom is -0.367 e. The lowest BCUT2D eigenvalue weighted by molar-refractivity contribution is 0.0950. The molecule has 8 heteroatoms. The molecule has 0 saturated carbocycles. The monoisotopic (exact) mass is 343 g/mol. The Morgan fingerprint density at radius 3 is 3.00 bits per heavy atom. The van der Waals surface area contributed by atoms with Crippen molar-refractivity contribution in [1.29, 1.82) is 0 Å². The fourth-order valence-electron chi connectivity index (χ4n) is 1.38. The third kappa shape index (κ3) is 3.93. The maximum atomic E-state index is 11.6. The SMILES string of the molecule is O=C(NCCNc1ncc(Cl)cc1Br)c1ccn[nH]1. The number of nitrogens with zero attached hydrogens (tertiary/aromatic N) is 2. The third-order valence-electron chi connectivity index (χ3n) is 2.26. The van der Waals surface area contributed by atoms with Crippen LogP contribution >= 0.6 is 27.5 Å². The van der Waals surface area contributed by atoms with Crippen LogP contribution in [0.2, 0.25) is 5.02 Å². The molecule has 2 heterocycles. The number of anilines is 1. The van der Waals surface area contributed by atoms with Crippen LogP contribution in [0.4, 0.5) is 5.82 Å². The highest BCUT2D eigenvalue weighted by Gasteiger charge is 2.05. The van der Waals surface area contributed by atoms with Crippen molar-refractivity contribution >= 4 is 39.3 Å². The highest BCUT2D eigenvalue weighted by Crippen LogP contribution is 2.22. The zero-order valence-corrected chi connectivity index (χ0v) is 12.1. The second-order valence-electron chi connectivity index (χ2n) is 3.64. The molecule has 0 aliphatic heterocycles. The lowest BCUT2D eigenvalue weighted by Gasteiger charge is -2.08. The van der Waals surface area contributed by atoms with Gasteiger partial charge >= 0.3 is 0 Å². The van der Waals surface area contributed by atoms with Crippen molar-refractivity contribution in [3.63, 3.8) is 0 Å². The minimum atomic E-state index is -0.192. The molecule has 3 N–H and O–H groups in total. The second-order valence-corrected chi connectivity index (χ2v) is 4.93. The summed E-state index contributed by atoms with van der Waals surface area (Å²) in [5, 5.41) is 12.7. The van der Waals surface area contributed by atoms with Crippen LogP contribution in [-0.4, -0.2) is 34.2 Å². The van der Waals surface area contributed by atoms with Crippen molar-refractivity contribution in [2.24, 2.45) is 0 Å². The number of amides is 1. The normalized spacial score (nSPS) is 10.2. The predicted molar refractivity (Wildman–Crippen MR) is 76.4 cm³/mol. The number of aromatic nitrogens is 3. The van der Waals surface area contributed by atoms with Crippen molar-refractivity contribution in [2.45, 2.75) is 0 Å². The molecule has 0 unspecified atom stereocenters. The molecule has 0 spiro atoms. The molecule has 0 atom stereocenters. The minimum absolute atomic E-state index is 0.192. The molecule has 2 aromatic heterocycles. The molecule has 2 aromatic rings. The molecule has 0 aliphatic rings. The van der Waals surface area contributed by atoms with Crippen LogP contribution in [0, 0.1) is 0 Å². The number of pyridine rings is 1. The molecule has 1 amide bonds. The van der Waals surface area contributed by atoms with Crippen LogP contribution < -0.4 is 10.6 Å². The van der Waals surface area contributed by atoms with E-state index in [0.717, 1.165) is 4.47 Å². The topological polar surface area (TPSA) is 82.7 Å². The molecular formula is C11H11BrClN5O. The summed E-state index contributed by atoms with van der Waals surface area (Å²) in [7, 11) is 0. The molecule has 0 aliphatic carbocycles. The number of carbonyl (C=O) groups excluding carboxylic acids is 1. The van der Waals surface area contributed by atoms with Gasteiger partial charge in [-0.1, -0.05) is 11.6 Å². The first kappa shape index (κ1) is 13.8. The quantitative estimate of drug-likeness (QED) is 0.725. The molecule has 0 bridgehead atoms. The standard InChI is InChI=1S/C11H11BrClN5O/c12-8-5-7(13)6-16-10(8)14-3-4-15-11(19)9-1-2-17-18-9/h1-2,5-6H,3-4H2,(H,14,16)(H,15,19)(H,17,18). The predicted octanol–water partition coefficient (Wildman–Crippen LogP) is 2.06. The van der Waals surface area contributed by atoms with Gasteiger partial charge in [0.15, 0.2) is 0 Å². The average Bonchev–Trinajstić information content (AvgIpc) is 2.90. The van der Waals surface area contributed by atoms with Crippen molar-refractivity contribution in [1.82, 2.24) is 20.5 Å². The molecule has 2 rings (SSSR count). The van der Waals surface area contributed by atoms with E-state index in [9.17, 15) is 4.79 Å². The van der Waals surface area contributed by atoms with Gasteiger partial charge in [0.1, 0.15) is 11.5 Å². The van der Waals surface area contributed by atoms with Gasteiger partial charge in [0, 0.05) is 25.5 Å². The first-order chi connectivity index (χ1) is 9.16. The van der Waals surface area contributed by atoms with Gasteiger partial charge in [0.05, 0.1) is 9.50 Å². The summed E-state index contributed by atoms with van der Waals surface area (Å²) < 4.78 is 0.778. The number of aromatic amines is 1. The first-order valence-corrected chi connectivity index (χ1v) is 6.66. The van der Waals surface area contributed by atoms with E-state index >= 15 is 0 Å². The lowest BCUT2D eigenvalue weighted by atomic mass is 10.4. The number of rotatable bonds is 5. The number of hydrogen-bond acceptors (Lipinski definition) is 4. The highest BCUT2D eigenvalue weighted by molar-refractivity contribution is 9.10. The lowest BCUT2D eigenvalue weighted by Crippen LogP contribution is -2.29. The summed E-state index contributed by atoms with van der Waals surface area (Å²) in [6.07, 6.45) is 3.08. The molecule has 0 fully saturated rings. The van der Waals surface area contributed by atoms with Crippen LogP contribution in [-0.2, 0) is 0 Å². The zero-order valence-electron chi connectivity index (χ0n) is 9.78. The van der Waals surface area contributed by atoms with Gasteiger partial charge in [-0.3, -0.25) is 9.89 Å². The fraction of sp³-hybridized carbons (Fsp3) is 0.182. The number of nitrogens with one attached hydrogen (secondary N) is 3. The van der Waals surface area contributed by atoms with E-state index in [0.29, 0.717) is 29.6 Å². The van der Waals surface area contributed by atoms with Crippen LogP contribution in [0.25, 0.3) is 0 Å². The Labute approximate surface area is 123 Å². The zero-order chi connectivity index (χ0) is 13.7. The summed E-state index contributed by atoms with van der Waals surface area (Å²) >= 11 is 9.14. The van der Waals surface area contributed by atoms with Crippen LogP contribution in [0.5, 0.6) is 0 Å². The Hall–Kier alpha value is -1.60. The molecular weight excluding hydrogens is 334 g/mol. The van der Waals surface area contributed by atoms with E-state index in [1.807, 2.05) is 0 Å². The van der Waals surface area contributed by atoms with Gasteiger partial charge in [-0.2, -0.15) is 5.10 Å². The Balaban J connectivity index is 1.76. The van der Waals surface area contributed by atoms with Gasteiger partial charge in [-0.05, 0) is 28.1 Å². The van der Waals surface area contributed by atoms with Crippen molar-refractivity contribution in [2.75, 3.05) is 18.4 Å². The number of H-pyrrole nitrogens is 1. The molecule has 0 radical (unpaired) electrons. The van der Waals surface area contributed by atoms with E-state index in [2.05, 4.69) is 41.7 Å². The summed E-state index contributed by atoms with van der Waals surface area (Å²) in [5.41, 5.74) is 0.436. The van der Waals surface area contributed by atoms with E-state index < -0.39 is 0 Å². The summed E-state index contributed by atoms with van der Waals surface area (Å²) in [6, 6.07) is 3.36. The first-order valence-electron chi connectivity index (χ1n) is 5.49. The van der Waals surface area contributed by atoms with Gasteiger partial charge in [0.25, 0.3) is 5.91 Å². The van der Waals surface area contributed by atoms with E-state index in [4.69, 9.17) is 11.6 Å². The molecule has 19 heavy (non-hydrogen) atoms. The van der Waals surface area contributed by atoms with E-state index in [1.165, 1.54) is 6.20 Å². The van der Waals surface area contributed by atoms with Gasteiger partial charge in [0.2, 0.25) is 0 Å². The van der Waals surface area contributed by atoms with Crippen molar-refractivity contribution < 1.29 is 4.79 Å². The molecule has 0 saturated heterocycles. The fourth-order valence-corrected chi connectivity index (χ4v) is 2.16. The van der Waals surface area contributed by atoms with Gasteiger partial charge in [-0.15, -0.1) is 0 Å². The van der Waals surface area contributed by atoms with Crippen molar-refractivity contribution in [3.8, 4) is 0 Å². The average molecular weight is 345 g/mol. The third-order valence-corrected chi connectivity index (χ3v) is 3.07. The van der Waals surface area contributed by atoms with E-state index in [-0.39, 0.29) is 5.91 Å². The van der Waals surface area contributed by atoms with Gasteiger partial charge in [-0.25, -0.2) is 4.98 Å². The van der Waals surface area contributed by atoms with Crippen molar-refractivity contribution in [3.05, 3.63) is 39.7 Å². The van der Waals surface area contributed by atoms with Crippen LogP contribution in [0.15, 0.2) is 29.0 Å². The summed E-state index contributed by atoms with van der Waals surface area (Å²) in [5.74, 6) is 0.489. The molecule has 6 nitrogen and oxygen atoms in total. The summed E-state index contributed by atoms with van der Waals surface area (Å²) in [4.78, 5) is 15.7. The smallest absolute Gasteiger partial charge is 0.269 e. The van der Waals surface area contributed by atoms with Crippen LogP contribution in [0.3, 0.4) is 0 Å². The Morgan fingerprint density at radius 1 is 1.47 bits per heavy atom. The van der Waals surface area contributed by atoms with E-state index in [1.54, 1.807) is 18.3 Å². The largest absolute Gasteiger partial charge is 0.367 e. The Morgan fingerprint density at radius 2 is 2.32 bits per heavy atom. The number of halogens is 2. The second kappa shape index (κ2) is 6.53. The van der Waals surface area contributed by atoms with Crippen LogP contribution in [0.1, 0.15) is 10.5 Å². The molecule has 100 valence electrons. The number of hydrogen-bond donors (Lipinski definition) is 3. The Kier molecular flexibility index (Phi) is 4.75. The van der Waals surface area contributed by atoms with Gasteiger partial charge < -0.3 is 10.6 Å².